The van der Waals surface area contributed by atoms with Crippen LogP contribution in [0, 0.1) is 5.92 Å². The number of anilines is 2. The van der Waals surface area contributed by atoms with Gasteiger partial charge in [0.2, 0.25) is 0 Å². The number of rotatable bonds is 4. The van der Waals surface area contributed by atoms with E-state index in [0.29, 0.717) is 0 Å². The molecule has 2 aromatic rings. The van der Waals surface area contributed by atoms with Crippen LogP contribution in [0.25, 0.3) is 0 Å². The summed E-state index contributed by atoms with van der Waals surface area (Å²) in [5.41, 5.74) is 1.01. The van der Waals surface area contributed by atoms with Gasteiger partial charge in [-0.3, -0.25) is 4.79 Å². The molecular weight excluding hydrogens is 292 g/mol. The molecule has 1 aromatic heterocycles. The Balaban J connectivity index is 1.66. The molecule has 3 rings (SSSR count). The van der Waals surface area contributed by atoms with Gasteiger partial charge in [-0.2, -0.15) is 0 Å². The topological polar surface area (TPSA) is 78.4 Å². The standard InChI is InChI=1S/C17H20N4O2/c22-12-13-5-4-10-21(11-13)16-9-8-15(19-20-16)17(23)18-14-6-2-1-3-7-14/h1-3,6-9,13,22H,4-5,10-12H2,(H,18,23). The van der Waals surface area contributed by atoms with Crippen LogP contribution in [-0.2, 0) is 0 Å². The predicted octanol–water partition coefficient (Wildman–Crippen LogP) is 1.94. The zero-order chi connectivity index (χ0) is 16.1. The maximum atomic E-state index is 12.1. The SMILES string of the molecule is O=C(Nc1ccccc1)c1ccc(N2CCCC(CO)C2)nn1. The number of aliphatic hydroxyl groups is 1. The highest BCUT2D eigenvalue weighted by Gasteiger charge is 2.20. The van der Waals surface area contributed by atoms with Crippen LogP contribution < -0.4 is 10.2 Å². The predicted molar refractivity (Wildman–Crippen MR) is 88.5 cm³/mol. The summed E-state index contributed by atoms with van der Waals surface area (Å²) in [6.07, 6.45) is 2.07. The maximum Gasteiger partial charge on any atom is 0.276 e. The Morgan fingerprint density at radius 3 is 2.74 bits per heavy atom. The Kier molecular flexibility index (Phi) is 4.83. The number of carbonyl (C=O) groups is 1. The monoisotopic (exact) mass is 312 g/mol. The fourth-order valence-corrected chi connectivity index (χ4v) is 2.75. The zero-order valence-electron chi connectivity index (χ0n) is 12.9. The summed E-state index contributed by atoms with van der Waals surface area (Å²) in [6.45, 7) is 1.88. The molecule has 1 aliphatic rings. The van der Waals surface area contributed by atoms with Crippen molar-refractivity contribution in [2.45, 2.75) is 12.8 Å². The van der Waals surface area contributed by atoms with Crippen molar-refractivity contribution < 1.29 is 9.90 Å². The quantitative estimate of drug-likeness (QED) is 0.902. The van der Waals surface area contributed by atoms with Crippen molar-refractivity contribution in [2.24, 2.45) is 5.92 Å². The number of para-hydroxylation sites is 1. The summed E-state index contributed by atoms with van der Waals surface area (Å²) in [4.78, 5) is 14.2. The number of nitrogens with one attached hydrogen (secondary N) is 1. The van der Waals surface area contributed by atoms with Crippen LogP contribution in [0.2, 0.25) is 0 Å². The van der Waals surface area contributed by atoms with E-state index in [9.17, 15) is 9.90 Å². The van der Waals surface area contributed by atoms with E-state index in [1.807, 2.05) is 36.4 Å². The molecule has 1 saturated heterocycles. The largest absolute Gasteiger partial charge is 0.396 e. The third-order valence-electron chi connectivity index (χ3n) is 4.02. The number of amides is 1. The Bertz CT molecular complexity index is 645. The molecule has 1 aromatic carbocycles. The Morgan fingerprint density at radius 1 is 1.22 bits per heavy atom. The molecule has 0 radical (unpaired) electrons. The number of aromatic nitrogens is 2. The third-order valence-corrected chi connectivity index (χ3v) is 4.02. The molecule has 0 aliphatic carbocycles. The molecule has 0 saturated carbocycles. The van der Waals surface area contributed by atoms with Crippen molar-refractivity contribution >= 4 is 17.4 Å². The van der Waals surface area contributed by atoms with Gasteiger partial charge in [0, 0.05) is 25.4 Å². The Hall–Kier alpha value is -2.47. The molecule has 1 fully saturated rings. The average Bonchev–Trinajstić information content (AvgIpc) is 2.63. The van der Waals surface area contributed by atoms with Gasteiger partial charge in [-0.25, -0.2) is 0 Å². The third kappa shape index (κ3) is 3.84. The van der Waals surface area contributed by atoms with E-state index in [4.69, 9.17) is 0 Å². The van der Waals surface area contributed by atoms with Gasteiger partial charge in [0.15, 0.2) is 11.5 Å². The van der Waals surface area contributed by atoms with E-state index in [1.54, 1.807) is 6.07 Å². The molecule has 2 N–H and O–H groups in total. The molecule has 120 valence electrons. The van der Waals surface area contributed by atoms with Crippen LogP contribution in [0.1, 0.15) is 23.3 Å². The van der Waals surface area contributed by atoms with Gasteiger partial charge in [-0.1, -0.05) is 18.2 Å². The molecule has 6 nitrogen and oxygen atoms in total. The molecule has 1 aliphatic heterocycles. The van der Waals surface area contributed by atoms with E-state index in [0.717, 1.165) is 37.4 Å². The highest BCUT2D eigenvalue weighted by atomic mass is 16.3. The molecule has 1 amide bonds. The molecule has 0 bridgehead atoms. The van der Waals surface area contributed by atoms with E-state index < -0.39 is 0 Å². The van der Waals surface area contributed by atoms with Crippen molar-refractivity contribution in [1.82, 2.24) is 10.2 Å². The van der Waals surface area contributed by atoms with Crippen LogP contribution in [0.15, 0.2) is 42.5 Å². The van der Waals surface area contributed by atoms with Gasteiger partial charge >= 0.3 is 0 Å². The van der Waals surface area contributed by atoms with Crippen molar-refractivity contribution in [2.75, 3.05) is 29.9 Å². The lowest BCUT2D eigenvalue weighted by Gasteiger charge is -2.32. The second-order valence-electron chi connectivity index (χ2n) is 5.73. The first-order valence-electron chi connectivity index (χ1n) is 7.82. The molecule has 6 heteroatoms. The van der Waals surface area contributed by atoms with Gasteiger partial charge < -0.3 is 15.3 Å². The number of nitrogens with zero attached hydrogens (tertiary/aromatic N) is 3. The first kappa shape index (κ1) is 15.4. The van der Waals surface area contributed by atoms with Gasteiger partial charge in [0.05, 0.1) is 0 Å². The minimum atomic E-state index is -0.276. The fourth-order valence-electron chi connectivity index (χ4n) is 2.75. The first-order chi connectivity index (χ1) is 11.3. The normalized spacial score (nSPS) is 17.8. The van der Waals surface area contributed by atoms with Gasteiger partial charge in [-0.05, 0) is 43.0 Å². The van der Waals surface area contributed by atoms with Crippen molar-refractivity contribution in [1.29, 1.82) is 0 Å². The zero-order valence-corrected chi connectivity index (χ0v) is 12.9. The van der Waals surface area contributed by atoms with E-state index in [2.05, 4.69) is 20.4 Å². The molecule has 2 heterocycles. The van der Waals surface area contributed by atoms with Crippen LogP contribution in [0.3, 0.4) is 0 Å². The second kappa shape index (κ2) is 7.19. The smallest absolute Gasteiger partial charge is 0.276 e. The summed E-state index contributed by atoms with van der Waals surface area (Å²) in [7, 11) is 0. The lowest BCUT2D eigenvalue weighted by atomic mass is 9.99. The molecule has 23 heavy (non-hydrogen) atoms. The van der Waals surface area contributed by atoms with E-state index in [1.165, 1.54) is 0 Å². The summed E-state index contributed by atoms with van der Waals surface area (Å²) in [6, 6.07) is 12.7. The molecular formula is C17H20N4O2. The second-order valence-corrected chi connectivity index (χ2v) is 5.73. The molecule has 1 unspecified atom stereocenters. The average molecular weight is 312 g/mol. The van der Waals surface area contributed by atoms with Gasteiger partial charge in [-0.15, -0.1) is 10.2 Å². The van der Waals surface area contributed by atoms with Crippen molar-refractivity contribution in [3.63, 3.8) is 0 Å². The lowest BCUT2D eigenvalue weighted by molar-refractivity contribution is 0.102. The lowest BCUT2D eigenvalue weighted by Crippen LogP contribution is -2.37. The summed E-state index contributed by atoms with van der Waals surface area (Å²) >= 11 is 0. The highest BCUT2D eigenvalue weighted by Crippen LogP contribution is 2.20. The van der Waals surface area contributed by atoms with Gasteiger partial charge in [0.25, 0.3) is 5.91 Å². The Morgan fingerprint density at radius 2 is 2.04 bits per heavy atom. The Labute approximate surface area is 135 Å². The number of hydrogen-bond donors (Lipinski definition) is 2. The first-order valence-corrected chi connectivity index (χ1v) is 7.82. The summed E-state index contributed by atoms with van der Waals surface area (Å²) in [5, 5.41) is 20.3. The van der Waals surface area contributed by atoms with Crippen LogP contribution in [-0.4, -0.2) is 40.9 Å². The maximum absolute atomic E-state index is 12.1. The van der Waals surface area contributed by atoms with Crippen molar-refractivity contribution in [3.8, 4) is 0 Å². The fraction of sp³-hybridized carbons (Fsp3) is 0.353. The van der Waals surface area contributed by atoms with E-state index in [-0.39, 0.29) is 24.1 Å². The molecule has 0 spiro atoms. The number of hydrogen-bond acceptors (Lipinski definition) is 5. The summed E-state index contributed by atoms with van der Waals surface area (Å²) < 4.78 is 0. The highest BCUT2D eigenvalue weighted by molar-refractivity contribution is 6.02. The van der Waals surface area contributed by atoms with Crippen LogP contribution in [0.4, 0.5) is 11.5 Å². The van der Waals surface area contributed by atoms with Gasteiger partial charge in [0.1, 0.15) is 0 Å². The molecule has 1 atom stereocenters. The van der Waals surface area contributed by atoms with Crippen LogP contribution >= 0.6 is 0 Å². The minimum Gasteiger partial charge on any atom is -0.396 e. The van der Waals surface area contributed by atoms with Crippen LogP contribution in [0.5, 0.6) is 0 Å². The number of piperidine rings is 1. The van der Waals surface area contributed by atoms with E-state index >= 15 is 0 Å². The number of carbonyl (C=O) groups excluding carboxylic acids is 1. The minimum absolute atomic E-state index is 0.196. The number of benzene rings is 1. The summed E-state index contributed by atoms with van der Waals surface area (Å²) in [5.74, 6) is 0.758. The number of aliphatic hydroxyl groups excluding tert-OH is 1. The van der Waals surface area contributed by atoms with Crippen molar-refractivity contribution in [3.05, 3.63) is 48.2 Å².